The van der Waals surface area contributed by atoms with Crippen molar-refractivity contribution in [2.24, 2.45) is 0 Å². The lowest BCUT2D eigenvalue weighted by atomic mass is 9.85. The second-order valence-electron chi connectivity index (χ2n) is 11.7. The Labute approximate surface area is 249 Å². The maximum atomic E-state index is 13.9. The summed E-state index contributed by atoms with van der Waals surface area (Å²) < 4.78 is 19.0. The van der Waals surface area contributed by atoms with E-state index in [1.807, 2.05) is 17.9 Å². The zero-order valence-corrected chi connectivity index (χ0v) is 25.3. The van der Waals surface area contributed by atoms with E-state index in [4.69, 9.17) is 4.74 Å². The number of hydrogen-bond donors (Lipinski definition) is 2. The highest BCUT2D eigenvalue weighted by molar-refractivity contribution is 5.97. The number of rotatable bonds is 7. The number of anilines is 1. The number of aliphatic hydroxyl groups excluding tert-OH is 1. The molecule has 0 saturated carbocycles. The van der Waals surface area contributed by atoms with Crippen LogP contribution in [0.5, 0.6) is 0 Å². The number of ether oxygens (including phenoxy) is 1. The lowest BCUT2D eigenvalue weighted by Crippen LogP contribution is -2.62. The van der Waals surface area contributed by atoms with Gasteiger partial charge < -0.3 is 20.1 Å². The van der Waals surface area contributed by atoms with Crippen molar-refractivity contribution < 1.29 is 19.0 Å². The molecule has 3 aliphatic rings. The molecule has 2 aromatic carbocycles. The average Bonchev–Trinajstić information content (AvgIpc) is 3.21. The summed E-state index contributed by atoms with van der Waals surface area (Å²) in [6.07, 6.45) is 0.653. The van der Waals surface area contributed by atoms with Gasteiger partial charge in [0.25, 0.3) is 0 Å². The Kier molecular flexibility index (Phi) is 11.4. The number of nitrogens with zero attached hydrogens (tertiary/aromatic N) is 3. The number of amides is 1. The summed E-state index contributed by atoms with van der Waals surface area (Å²) >= 11 is 0. The molecule has 4 atom stereocenters. The minimum absolute atomic E-state index is 0. The summed E-state index contributed by atoms with van der Waals surface area (Å²) in [5.74, 6) is -0.182. The molecule has 1 unspecified atom stereocenters. The van der Waals surface area contributed by atoms with Crippen LogP contribution >= 0.6 is 24.8 Å². The fraction of sp³-hybridized carbons (Fsp3) is 0.567. The van der Waals surface area contributed by atoms with E-state index in [1.54, 1.807) is 12.1 Å². The molecule has 1 amide bonds. The van der Waals surface area contributed by atoms with Crippen LogP contribution in [0.4, 0.5) is 10.1 Å². The van der Waals surface area contributed by atoms with Gasteiger partial charge in [-0.3, -0.25) is 14.6 Å². The van der Waals surface area contributed by atoms with Crippen molar-refractivity contribution in [3.8, 4) is 0 Å². The molecular formula is C30H43Cl2FN4O3. The fourth-order valence-corrected chi connectivity index (χ4v) is 6.10. The molecule has 3 aliphatic heterocycles. The monoisotopic (exact) mass is 596 g/mol. The minimum atomic E-state index is -0.501. The Hall–Kier alpha value is -1.78. The van der Waals surface area contributed by atoms with Crippen molar-refractivity contribution in [1.29, 1.82) is 0 Å². The van der Waals surface area contributed by atoms with Crippen LogP contribution < -0.4 is 10.2 Å². The minimum Gasteiger partial charge on any atom is -0.395 e. The van der Waals surface area contributed by atoms with Gasteiger partial charge in [0.05, 0.1) is 26.4 Å². The molecule has 2 fully saturated rings. The first-order valence-electron chi connectivity index (χ1n) is 13.8. The van der Waals surface area contributed by atoms with E-state index in [1.165, 1.54) is 12.1 Å². The molecule has 40 heavy (non-hydrogen) atoms. The zero-order valence-electron chi connectivity index (χ0n) is 23.6. The maximum absolute atomic E-state index is 13.9. The van der Waals surface area contributed by atoms with Crippen LogP contribution in [0, 0.1) is 5.82 Å². The summed E-state index contributed by atoms with van der Waals surface area (Å²) in [4.78, 5) is 20.6. The van der Waals surface area contributed by atoms with E-state index in [2.05, 4.69) is 41.1 Å². The van der Waals surface area contributed by atoms with Gasteiger partial charge in [-0.1, -0.05) is 31.2 Å². The van der Waals surface area contributed by atoms with Crippen molar-refractivity contribution in [3.63, 3.8) is 0 Å². The molecule has 3 heterocycles. The van der Waals surface area contributed by atoms with E-state index >= 15 is 0 Å². The number of morpholine rings is 1. The smallest absolute Gasteiger partial charge is 0.241 e. The number of nitrogens with one attached hydrogen (secondary N) is 1. The first-order chi connectivity index (χ1) is 18.3. The summed E-state index contributed by atoms with van der Waals surface area (Å²) in [5, 5.41) is 13.9. The highest BCUT2D eigenvalue weighted by Gasteiger charge is 2.42. The molecule has 0 aliphatic carbocycles. The Morgan fingerprint density at radius 1 is 1.12 bits per heavy atom. The molecule has 2 saturated heterocycles. The topological polar surface area (TPSA) is 68.3 Å². The summed E-state index contributed by atoms with van der Waals surface area (Å²) in [6.45, 7) is 12.2. The second-order valence-corrected chi connectivity index (χ2v) is 11.7. The largest absolute Gasteiger partial charge is 0.395 e. The molecule has 222 valence electrons. The lowest BCUT2D eigenvalue weighted by Gasteiger charge is -2.43. The quantitative estimate of drug-likeness (QED) is 0.511. The SMILES string of the molecule is C[C@@H]1CN(CC(=O)N2CC(C)(CO)c3ccc(Cc4ccc(F)cc4)cc32)[C@@H](CN2CCOC[C@H]2C)CN1.Cl.Cl. The Morgan fingerprint density at radius 2 is 1.85 bits per heavy atom. The summed E-state index contributed by atoms with van der Waals surface area (Å²) in [6, 6.07) is 13.7. The number of fused-ring (bicyclic) bond motifs is 1. The molecular weight excluding hydrogens is 554 g/mol. The molecule has 0 bridgehead atoms. The lowest BCUT2D eigenvalue weighted by molar-refractivity contribution is -0.121. The van der Waals surface area contributed by atoms with E-state index < -0.39 is 5.41 Å². The van der Waals surface area contributed by atoms with Crippen LogP contribution in [-0.4, -0.2) is 98.0 Å². The van der Waals surface area contributed by atoms with Crippen molar-refractivity contribution in [2.45, 2.75) is 50.7 Å². The van der Waals surface area contributed by atoms with Gasteiger partial charge in [0.2, 0.25) is 5.91 Å². The van der Waals surface area contributed by atoms with Crippen molar-refractivity contribution >= 4 is 36.4 Å². The number of carbonyl (C=O) groups excluding carboxylic acids is 1. The van der Waals surface area contributed by atoms with Crippen LogP contribution in [0.25, 0.3) is 0 Å². The standard InChI is InChI=1S/C30H41FN4O3.2ClH/c1-21-15-34(26(14-32-21)16-33-10-11-38-18-22(33)2)17-29(37)35-19-30(3,20-36)27-9-6-24(13-28(27)35)12-23-4-7-25(31)8-5-23;;/h4-9,13,21-22,26,32,36H,10-12,14-20H2,1-3H3;2*1H/t21-,22-,26-,30?;;/m1../s1. The third-order valence-corrected chi connectivity index (χ3v) is 8.50. The normalized spacial score (nSPS) is 27.0. The molecule has 2 N–H and O–H groups in total. The predicted molar refractivity (Wildman–Crippen MR) is 162 cm³/mol. The van der Waals surface area contributed by atoms with Crippen molar-refractivity contribution in [1.82, 2.24) is 15.1 Å². The first kappa shape index (κ1) is 32.7. The van der Waals surface area contributed by atoms with Gasteiger partial charge in [-0.05, 0) is 55.2 Å². The van der Waals surface area contributed by atoms with Gasteiger partial charge in [0.1, 0.15) is 5.82 Å². The number of aliphatic hydroxyl groups is 1. The molecule has 2 aromatic rings. The van der Waals surface area contributed by atoms with Crippen LogP contribution in [0.3, 0.4) is 0 Å². The molecule has 7 nitrogen and oxygen atoms in total. The van der Waals surface area contributed by atoms with Crippen LogP contribution in [0.15, 0.2) is 42.5 Å². The third-order valence-electron chi connectivity index (χ3n) is 8.50. The predicted octanol–water partition coefficient (Wildman–Crippen LogP) is 3.24. The number of carbonyl (C=O) groups is 1. The van der Waals surface area contributed by atoms with E-state index in [0.717, 1.165) is 61.8 Å². The fourth-order valence-electron chi connectivity index (χ4n) is 6.10. The second kappa shape index (κ2) is 13.9. The highest BCUT2D eigenvalue weighted by atomic mass is 35.5. The first-order valence-corrected chi connectivity index (χ1v) is 13.8. The number of hydrogen-bond acceptors (Lipinski definition) is 6. The number of halogens is 3. The average molecular weight is 598 g/mol. The van der Waals surface area contributed by atoms with Gasteiger partial charge in [-0.15, -0.1) is 24.8 Å². The molecule has 0 spiro atoms. The van der Waals surface area contributed by atoms with Gasteiger partial charge in [-0.2, -0.15) is 0 Å². The molecule has 0 aromatic heterocycles. The van der Waals surface area contributed by atoms with Crippen molar-refractivity contribution in [3.05, 3.63) is 65.0 Å². The molecule has 5 rings (SSSR count). The van der Waals surface area contributed by atoms with Gasteiger partial charge in [0, 0.05) is 62.0 Å². The van der Waals surface area contributed by atoms with E-state index in [9.17, 15) is 14.3 Å². The van der Waals surface area contributed by atoms with Gasteiger partial charge >= 0.3 is 0 Å². The van der Waals surface area contributed by atoms with Crippen LogP contribution in [0.2, 0.25) is 0 Å². The van der Waals surface area contributed by atoms with Crippen LogP contribution in [0.1, 0.15) is 37.5 Å². The van der Waals surface area contributed by atoms with Crippen LogP contribution in [-0.2, 0) is 21.4 Å². The maximum Gasteiger partial charge on any atom is 0.241 e. The Bertz CT molecular complexity index is 1140. The summed E-state index contributed by atoms with van der Waals surface area (Å²) in [5.41, 5.74) is 3.46. The zero-order chi connectivity index (χ0) is 26.9. The molecule has 10 heteroatoms. The van der Waals surface area contributed by atoms with Gasteiger partial charge in [0.15, 0.2) is 0 Å². The van der Waals surface area contributed by atoms with Crippen molar-refractivity contribution in [2.75, 3.05) is 64.0 Å². The van der Waals surface area contributed by atoms with Gasteiger partial charge in [-0.25, -0.2) is 4.39 Å². The molecule has 0 radical (unpaired) electrons. The summed E-state index contributed by atoms with van der Waals surface area (Å²) in [7, 11) is 0. The number of piperazine rings is 1. The van der Waals surface area contributed by atoms with E-state index in [-0.39, 0.29) is 49.2 Å². The Balaban J connectivity index is 0.00000220. The van der Waals surface area contributed by atoms with E-state index in [0.29, 0.717) is 31.6 Å². The third kappa shape index (κ3) is 7.16. The highest BCUT2D eigenvalue weighted by Crippen LogP contribution is 2.41. The number of benzene rings is 2. The Morgan fingerprint density at radius 3 is 2.55 bits per heavy atom.